The molecule has 0 radical (unpaired) electrons. The maximum absolute atomic E-state index is 11.1. The van der Waals surface area contributed by atoms with Gasteiger partial charge in [-0.25, -0.2) is 4.79 Å². The van der Waals surface area contributed by atoms with Gasteiger partial charge in [0.05, 0.1) is 10.5 Å². The summed E-state index contributed by atoms with van der Waals surface area (Å²) in [6.07, 6.45) is 0. The third kappa shape index (κ3) is 2.58. The van der Waals surface area contributed by atoms with Crippen LogP contribution in [-0.2, 0) is 9.59 Å². The molecule has 1 aromatic carbocycles. The van der Waals surface area contributed by atoms with Crippen molar-refractivity contribution in [2.75, 3.05) is 0 Å². The summed E-state index contributed by atoms with van der Waals surface area (Å²) in [5.74, 6) is -3.18. The van der Waals surface area contributed by atoms with Crippen molar-refractivity contribution < 1.29 is 24.4 Å². The number of hydrogen-bond donors (Lipinski definition) is 1. The average molecular weight is 235 g/mol. The predicted molar refractivity (Wildman–Crippen MR) is 53.5 cm³/mol. The molecule has 0 saturated heterocycles. The van der Waals surface area contributed by atoms with Gasteiger partial charge in [0.15, 0.2) is 0 Å². The summed E-state index contributed by atoms with van der Waals surface area (Å²) in [5.41, 5.74) is 7.61. The number of nitro groups is 1. The average Bonchev–Trinajstić information content (AvgIpc) is 2.30. The molecule has 8 nitrogen and oxygen atoms in total. The van der Waals surface area contributed by atoms with E-state index in [2.05, 4.69) is 4.79 Å². The molecule has 0 spiro atoms. The van der Waals surface area contributed by atoms with Crippen molar-refractivity contribution in [3.63, 3.8) is 0 Å². The summed E-state index contributed by atoms with van der Waals surface area (Å²) >= 11 is 0. The second-order valence-corrected chi connectivity index (χ2v) is 2.89. The summed E-state index contributed by atoms with van der Waals surface area (Å²) < 4.78 is 0. The Labute approximate surface area is 93.9 Å². The van der Waals surface area contributed by atoms with Gasteiger partial charge in [0.2, 0.25) is 0 Å². The summed E-state index contributed by atoms with van der Waals surface area (Å²) in [6, 6.07) is 4.37. The van der Waals surface area contributed by atoms with Gasteiger partial charge in [0.25, 0.3) is 5.69 Å². The number of ketones is 1. The van der Waals surface area contributed by atoms with Crippen molar-refractivity contribution in [2.45, 2.75) is 0 Å². The molecule has 1 N–H and O–H groups in total. The third-order valence-electron chi connectivity index (χ3n) is 1.86. The van der Waals surface area contributed by atoms with Crippen LogP contribution in [0.4, 0.5) is 5.69 Å². The maximum Gasteiger partial charge on any atom is 0.385 e. The molecular weight excluding hydrogens is 230 g/mol. The molecule has 0 aliphatic carbocycles. The first-order valence-corrected chi connectivity index (χ1v) is 4.22. The number of nitrogens with zero attached hydrogens (tertiary/aromatic N) is 3. The van der Waals surface area contributed by atoms with Crippen molar-refractivity contribution in [2.24, 2.45) is 0 Å². The topological polar surface area (TPSA) is 134 Å². The Morgan fingerprint density at radius 2 is 1.82 bits per heavy atom. The van der Waals surface area contributed by atoms with E-state index in [9.17, 15) is 19.7 Å². The highest BCUT2D eigenvalue weighted by atomic mass is 16.6. The fourth-order valence-electron chi connectivity index (χ4n) is 1.08. The van der Waals surface area contributed by atoms with Crippen LogP contribution in [0.2, 0.25) is 0 Å². The lowest BCUT2D eigenvalue weighted by Crippen LogP contribution is -2.25. The van der Waals surface area contributed by atoms with Gasteiger partial charge in [-0.05, 0) is 12.1 Å². The first-order chi connectivity index (χ1) is 7.97. The molecule has 0 bridgehead atoms. The van der Waals surface area contributed by atoms with Gasteiger partial charge in [-0.3, -0.25) is 14.9 Å². The molecule has 0 atom stereocenters. The van der Waals surface area contributed by atoms with Gasteiger partial charge in [-0.2, -0.15) is 4.79 Å². The van der Waals surface area contributed by atoms with Crippen LogP contribution in [0, 0.1) is 10.1 Å². The second-order valence-electron chi connectivity index (χ2n) is 2.89. The van der Waals surface area contributed by atoms with Gasteiger partial charge in [0.1, 0.15) is 0 Å². The minimum atomic E-state index is -1.78. The lowest BCUT2D eigenvalue weighted by atomic mass is 10.1. The number of carboxylic acid groups (broad SMARTS) is 1. The Morgan fingerprint density at radius 1 is 1.29 bits per heavy atom. The number of aliphatic carboxylic acids is 1. The van der Waals surface area contributed by atoms with E-state index in [0.29, 0.717) is 0 Å². The number of carbonyl (C=O) groups excluding carboxylic acids is 1. The highest BCUT2D eigenvalue weighted by molar-refractivity contribution is 6.65. The lowest BCUT2D eigenvalue weighted by molar-refractivity contribution is -0.384. The largest absolute Gasteiger partial charge is 0.475 e. The molecule has 1 rings (SSSR count). The summed E-state index contributed by atoms with van der Waals surface area (Å²) in [6.45, 7) is 0. The normalized spacial score (nSPS) is 9.18. The molecule has 0 unspecified atom stereocenters. The van der Waals surface area contributed by atoms with E-state index in [1.165, 1.54) is 0 Å². The van der Waals surface area contributed by atoms with Gasteiger partial charge in [-0.15, -0.1) is 0 Å². The van der Waals surface area contributed by atoms with Crippen LogP contribution in [-0.4, -0.2) is 32.3 Å². The molecule has 8 heteroatoms. The summed E-state index contributed by atoms with van der Waals surface area (Å²) in [5, 5.41) is 18.8. The number of rotatable bonds is 4. The molecule has 1 aromatic rings. The van der Waals surface area contributed by atoms with Gasteiger partial charge < -0.3 is 10.6 Å². The quantitative estimate of drug-likeness (QED) is 0.199. The molecule has 0 aliphatic heterocycles. The summed E-state index contributed by atoms with van der Waals surface area (Å²) in [4.78, 5) is 33.7. The van der Waals surface area contributed by atoms with Crippen molar-refractivity contribution in [1.29, 1.82) is 0 Å². The van der Waals surface area contributed by atoms with Crippen LogP contribution in [0.3, 0.4) is 0 Å². The minimum Gasteiger partial charge on any atom is -0.475 e. The van der Waals surface area contributed by atoms with Crippen LogP contribution < -0.4 is 0 Å². The predicted octanol–water partition coefficient (Wildman–Crippen LogP) is 0.267. The number of Topliss-reactive ketones (excluding diaryl/α,β-unsaturated/α-hetero) is 1. The zero-order chi connectivity index (χ0) is 13.0. The Bertz CT molecular complexity index is 542. The zero-order valence-corrected chi connectivity index (χ0v) is 8.23. The second kappa shape index (κ2) is 4.77. The monoisotopic (exact) mass is 235 g/mol. The smallest absolute Gasteiger partial charge is 0.385 e. The lowest BCUT2D eigenvalue weighted by Gasteiger charge is -1.93. The third-order valence-corrected chi connectivity index (χ3v) is 1.86. The number of carboxylic acids is 1. The molecule has 86 valence electrons. The fourth-order valence-corrected chi connectivity index (χ4v) is 1.08. The van der Waals surface area contributed by atoms with Gasteiger partial charge >= 0.3 is 17.5 Å². The highest BCUT2D eigenvalue weighted by Gasteiger charge is 2.29. The Balaban J connectivity index is 3.16. The molecule has 0 fully saturated rings. The van der Waals surface area contributed by atoms with Gasteiger partial charge in [0, 0.05) is 12.1 Å². The van der Waals surface area contributed by atoms with E-state index in [1.807, 2.05) is 0 Å². The molecule has 0 amide bonds. The number of carbonyl (C=O) groups is 2. The number of benzene rings is 1. The van der Waals surface area contributed by atoms with Crippen LogP contribution in [0.25, 0.3) is 5.53 Å². The standard InChI is InChI=1S/C9H5N3O5/c10-11-7(8(13)9(14)15)5-1-3-6(4-2-5)12(16)17/h1-4H,(H,14,15). The summed E-state index contributed by atoms with van der Waals surface area (Å²) in [7, 11) is 0. The zero-order valence-electron chi connectivity index (χ0n) is 8.23. The Hall–Kier alpha value is -2.86. The molecule has 0 saturated carbocycles. The molecule has 0 aliphatic rings. The van der Waals surface area contributed by atoms with Crippen LogP contribution in [0.1, 0.15) is 5.56 Å². The van der Waals surface area contributed by atoms with E-state index >= 15 is 0 Å². The molecular formula is C9H5N3O5. The number of nitro benzene ring substituents is 1. The first-order valence-electron chi connectivity index (χ1n) is 4.22. The van der Waals surface area contributed by atoms with Crippen molar-refractivity contribution in [1.82, 2.24) is 0 Å². The van der Waals surface area contributed by atoms with E-state index in [1.54, 1.807) is 0 Å². The van der Waals surface area contributed by atoms with E-state index in [4.69, 9.17) is 10.6 Å². The van der Waals surface area contributed by atoms with Crippen molar-refractivity contribution >= 4 is 23.2 Å². The van der Waals surface area contributed by atoms with Crippen molar-refractivity contribution in [3.05, 3.63) is 45.5 Å². The fraction of sp³-hybridized carbons (Fsp3) is 0. The molecule has 0 aromatic heterocycles. The van der Waals surface area contributed by atoms with Crippen LogP contribution in [0.5, 0.6) is 0 Å². The van der Waals surface area contributed by atoms with Crippen LogP contribution >= 0.6 is 0 Å². The number of hydrogen-bond acceptors (Lipinski definition) is 4. The van der Waals surface area contributed by atoms with Gasteiger partial charge in [-0.1, -0.05) is 0 Å². The Morgan fingerprint density at radius 3 is 2.18 bits per heavy atom. The minimum absolute atomic E-state index is 0.0227. The van der Waals surface area contributed by atoms with E-state index < -0.39 is 22.4 Å². The molecule has 17 heavy (non-hydrogen) atoms. The first kappa shape index (κ1) is 12.2. The SMILES string of the molecule is [N-]=[N+]=C(C(=O)C(=O)O)c1ccc([N+](=O)[O-])cc1. The highest BCUT2D eigenvalue weighted by Crippen LogP contribution is 2.12. The van der Waals surface area contributed by atoms with Crippen LogP contribution in [0.15, 0.2) is 24.3 Å². The number of non-ortho nitro benzene ring substituents is 1. The maximum atomic E-state index is 11.1. The van der Waals surface area contributed by atoms with E-state index in [0.717, 1.165) is 24.3 Å². The Kier molecular flexibility index (Phi) is 3.43. The van der Waals surface area contributed by atoms with E-state index in [-0.39, 0.29) is 11.3 Å². The van der Waals surface area contributed by atoms with Crippen molar-refractivity contribution in [3.8, 4) is 0 Å². The molecule has 0 heterocycles.